The van der Waals surface area contributed by atoms with E-state index in [-0.39, 0.29) is 0 Å². The molecule has 1 aliphatic rings. The highest BCUT2D eigenvalue weighted by molar-refractivity contribution is 7.48. The number of phosphoric acid groups is 1. The van der Waals surface area contributed by atoms with E-state index in [1.165, 1.54) is 0 Å². The summed E-state index contributed by atoms with van der Waals surface area (Å²) in [5.74, 6) is 0.650. The van der Waals surface area contributed by atoms with Crippen LogP contribution in [0.3, 0.4) is 0 Å². The van der Waals surface area contributed by atoms with Crippen molar-refractivity contribution >= 4 is 40.7 Å². The van der Waals surface area contributed by atoms with Gasteiger partial charge in [-0.2, -0.15) is 0 Å². The molecule has 214 valence electrons. The van der Waals surface area contributed by atoms with Crippen LogP contribution in [0.2, 0.25) is 0 Å². The van der Waals surface area contributed by atoms with Crippen molar-refractivity contribution in [2.45, 2.75) is 0 Å². The monoisotopic (exact) mass is 586 g/mol. The van der Waals surface area contributed by atoms with E-state index >= 15 is 0 Å². The van der Waals surface area contributed by atoms with Crippen LogP contribution in [-0.2, 0) is 4.57 Å². The molecule has 6 aromatic carbocycles. The highest BCUT2D eigenvalue weighted by Gasteiger charge is 2.37. The highest BCUT2D eigenvalue weighted by Crippen LogP contribution is 2.61. The number of anilines is 2. The van der Waals surface area contributed by atoms with Crippen molar-refractivity contribution in [2.75, 3.05) is 38.0 Å². The Balaban J connectivity index is 1.61. The van der Waals surface area contributed by atoms with Gasteiger partial charge in [0.2, 0.25) is 0 Å². The molecule has 7 rings (SSSR count). The van der Waals surface area contributed by atoms with Crippen molar-refractivity contribution in [2.24, 2.45) is 0 Å². The fourth-order valence-electron chi connectivity index (χ4n) is 5.90. The second kappa shape index (κ2) is 10.2. The molecular weight excluding hydrogens is 555 g/mol. The van der Waals surface area contributed by atoms with Crippen LogP contribution in [0.4, 0.5) is 11.4 Å². The van der Waals surface area contributed by atoms with Gasteiger partial charge in [-0.15, -0.1) is 0 Å². The van der Waals surface area contributed by atoms with Crippen LogP contribution in [0.25, 0.3) is 54.9 Å². The van der Waals surface area contributed by atoms with E-state index in [0.29, 0.717) is 11.5 Å². The Morgan fingerprint density at radius 1 is 0.558 bits per heavy atom. The van der Waals surface area contributed by atoms with Gasteiger partial charge in [-0.25, -0.2) is 4.57 Å². The predicted molar refractivity (Wildman–Crippen MR) is 177 cm³/mol. The van der Waals surface area contributed by atoms with Crippen molar-refractivity contribution in [3.63, 3.8) is 0 Å². The Kier molecular flexibility index (Phi) is 6.42. The first-order chi connectivity index (χ1) is 20.7. The molecule has 0 amide bonds. The van der Waals surface area contributed by atoms with Gasteiger partial charge in [0.1, 0.15) is 11.5 Å². The predicted octanol–water partition coefficient (Wildman–Crippen LogP) is 9.00. The molecule has 0 unspecified atom stereocenters. The summed E-state index contributed by atoms with van der Waals surface area (Å²) in [6.45, 7) is 0. The smallest absolute Gasteiger partial charge is 0.394 e. The summed E-state index contributed by atoms with van der Waals surface area (Å²) < 4.78 is 25.9. The minimum Gasteiger partial charge on any atom is -0.394 e. The third-order valence-electron chi connectivity index (χ3n) is 8.06. The van der Waals surface area contributed by atoms with Crippen molar-refractivity contribution in [1.29, 1.82) is 0 Å². The summed E-state index contributed by atoms with van der Waals surface area (Å²) in [5.41, 5.74) is 6.74. The molecule has 6 nitrogen and oxygen atoms in total. The van der Waals surface area contributed by atoms with Gasteiger partial charge in [-0.1, -0.05) is 72.8 Å². The van der Waals surface area contributed by atoms with E-state index in [1.807, 2.05) is 135 Å². The summed E-state index contributed by atoms with van der Waals surface area (Å²) in [6.07, 6.45) is 0. The molecule has 1 aliphatic heterocycles. The first kappa shape index (κ1) is 27.1. The number of benzene rings is 6. The van der Waals surface area contributed by atoms with Gasteiger partial charge in [0.15, 0.2) is 0 Å². The number of fused-ring (bicyclic) bond motifs is 7. The lowest BCUT2D eigenvalue weighted by atomic mass is 9.86. The van der Waals surface area contributed by atoms with Crippen molar-refractivity contribution in [3.05, 3.63) is 109 Å². The Morgan fingerprint density at radius 2 is 0.930 bits per heavy atom. The number of nitrogens with zero attached hydrogens (tertiary/aromatic N) is 2. The minimum absolute atomic E-state index is 0.325. The molecule has 6 aromatic rings. The van der Waals surface area contributed by atoms with Crippen LogP contribution in [0.15, 0.2) is 109 Å². The first-order valence-electron chi connectivity index (χ1n) is 14.1. The summed E-state index contributed by atoms with van der Waals surface area (Å²) in [7, 11) is 3.36. The quantitative estimate of drug-likeness (QED) is 0.208. The minimum atomic E-state index is -4.61. The molecule has 0 radical (unpaired) electrons. The molecular formula is C36H31N2O4P. The van der Waals surface area contributed by atoms with Crippen molar-refractivity contribution in [3.8, 4) is 44.9 Å². The number of hydrogen-bond donors (Lipinski definition) is 1. The van der Waals surface area contributed by atoms with E-state index < -0.39 is 7.82 Å². The lowest BCUT2D eigenvalue weighted by Crippen LogP contribution is -2.08. The van der Waals surface area contributed by atoms with Gasteiger partial charge in [0.25, 0.3) is 0 Å². The maximum atomic E-state index is 13.8. The zero-order chi connectivity index (χ0) is 29.9. The third kappa shape index (κ3) is 4.69. The summed E-state index contributed by atoms with van der Waals surface area (Å²) in [6, 6.07) is 36.3. The molecule has 0 spiro atoms. The zero-order valence-corrected chi connectivity index (χ0v) is 25.3. The highest BCUT2D eigenvalue weighted by atomic mass is 31.2. The van der Waals surface area contributed by atoms with Crippen LogP contribution in [-0.4, -0.2) is 33.1 Å². The van der Waals surface area contributed by atoms with E-state index in [1.54, 1.807) is 0 Å². The zero-order valence-electron chi connectivity index (χ0n) is 24.4. The Morgan fingerprint density at radius 3 is 1.30 bits per heavy atom. The Hall–Kier alpha value is -4.77. The topological polar surface area (TPSA) is 62.2 Å². The van der Waals surface area contributed by atoms with E-state index in [4.69, 9.17) is 9.05 Å². The lowest BCUT2D eigenvalue weighted by Gasteiger charge is -2.19. The Labute approximate surface area is 251 Å². The van der Waals surface area contributed by atoms with Gasteiger partial charge in [-0.05, 0) is 69.1 Å². The SMILES string of the molecule is CN(C)c1ccc(-c2cc3ccccc3c3c2OP(=O)(O)Oc2c(-c4ccc(N(C)C)cc4)cc4ccccc4c2-3)cc1. The van der Waals surface area contributed by atoms with Crippen LogP contribution < -0.4 is 18.8 Å². The largest absolute Gasteiger partial charge is 0.584 e. The molecule has 0 bridgehead atoms. The van der Waals surface area contributed by atoms with E-state index in [9.17, 15) is 9.46 Å². The second-order valence-electron chi connectivity index (χ2n) is 11.2. The first-order valence-corrected chi connectivity index (χ1v) is 15.6. The molecule has 7 heteroatoms. The maximum absolute atomic E-state index is 13.8. The van der Waals surface area contributed by atoms with E-state index in [0.717, 1.165) is 66.3 Å². The number of phosphoric ester groups is 1. The van der Waals surface area contributed by atoms with Gasteiger partial charge >= 0.3 is 7.82 Å². The van der Waals surface area contributed by atoms with Crippen molar-refractivity contribution in [1.82, 2.24) is 0 Å². The molecule has 1 heterocycles. The molecule has 0 atom stereocenters. The van der Waals surface area contributed by atoms with Crippen LogP contribution >= 0.6 is 7.82 Å². The Bertz CT molecular complexity index is 1920. The summed E-state index contributed by atoms with van der Waals surface area (Å²) >= 11 is 0. The molecule has 0 saturated carbocycles. The fraction of sp³-hybridized carbons (Fsp3) is 0.111. The molecule has 0 saturated heterocycles. The average Bonchev–Trinajstić information content (AvgIpc) is 3.13. The van der Waals surface area contributed by atoms with E-state index in [2.05, 4.69) is 12.1 Å². The van der Waals surface area contributed by atoms with Gasteiger partial charge in [-0.3, -0.25) is 4.89 Å². The standard InChI is InChI=1S/C36H31N2O4P/c1-37(2)27-17-13-23(14-18-27)31-21-25-9-5-7-11-29(25)33-34-30-12-8-6-10-26(30)22-32(24-15-19-28(20-16-24)38(3)4)36(34)42-43(39,40)41-35(31)33/h5-22H,1-4H3,(H,39,40). The normalized spacial score (nSPS) is 13.4. The third-order valence-corrected chi connectivity index (χ3v) is 8.88. The van der Waals surface area contributed by atoms with Crippen LogP contribution in [0, 0.1) is 0 Å². The summed E-state index contributed by atoms with van der Waals surface area (Å²) in [5, 5.41) is 3.79. The summed E-state index contributed by atoms with van der Waals surface area (Å²) in [4.78, 5) is 15.3. The lowest BCUT2D eigenvalue weighted by molar-refractivity contribution is 0.295. The molecule has 0 aliphatic carbocycles. The van der Waals surface area contributed by atoms with Crippen LogP contribution in [0.1, 0.15) is 0 Å². The van der Waals surface area contributed by atoms with Crippen LogP contribution in [0.5, 0.6) is 11.5 Å². The number of rotatable bonds is 4. The maximum Gasteiger partial charge on any atom is 0.584 e. The molecule has 0 fully saturated rings. The molecule has 43 heavy (non-hydrogen) atoms. The van der Waals surface area contributed by atoms with Gasteiger partial charge < -0.3 is 18.8 Å². The molecule has 0 aromatic heterocycles. The average molecular weight is 587 g/mol. The molecule has 1 N–H and O–H groups in total. The second-order valence-corrected chi connectivity index (χ2v) is 12.5. The number of hydrogen-bond acceptors (Lipinski definition) is 5. The van der Waals surface area contributed by atoms with Crippen molar-refractivity contribution < 1.29 is 18.5 Å². The van der Waals surface area contributed by atoms with Gasteiger partial charge in [0, 0.05) is 61.8 Å². The fourth-order valence-corrected chi connectivity index (χ4v) is 6.78. The van der Waals surface area contributed by atoms with Gasteiger partial charge in [0.05, 0.1) is 0 Å².